The number of carbonyl (C=O) groups is 1. The highest BCUT2D eigenvalue weighted by Crippen LogP contribution is 2.38. The van der Waals surface area contributed by atoms with Gasteiger partial charge in [-0.2, -0.15) is 0 Å². The smallest absolute Gasteiger partial charge is 0.195 e. The number of fused-ring (bicyclic) bond motifs is 3. The number of hydrogen-bond donors (Lipinski definition) is 0. The number of carbonyl (C=O) groups excluding carboxylic acids is 1. The van der Waals surface area contributed by atoms with Crippen LogP contribution >= 0.6 is 11.3 Å². The Morgan fingerprint density at radius 2 is 2.22 bits per heavy atom. The van der Waals surface area contributed by atoms with Crippen molar-refractivity contribution in [3.63, 3.8) is 0 Å². The lowest BCUT2D eigenvalue weighted by molar-refractivity contribution is 0.111. The molecule has 1 atom stereocenters. The third-order valence-corrected chi connectivity index (χ3v) is 5.68. The monoisotopic (exact) mass is 326 g/mol. The van der Waals surface area contributed by atoms with Crippen molar-refractivity contribution in [2.75, 3.05) is 7.11 Å². The van der Waals surface area contributed by atoms with Crippen LogP contribution in [0.4, 0.5) is 0 Å². The molecular formula is C18H18N2O2S. The first kappa shape index (κ1) is 14.5. The Morgan fingerprint density at radius 3 is 3.00 bits per heavy atom. The third-order valence-electron chi connectivity index (χ3n) is 4.57. The molecule has 1 aliphatic rings. The molecule has 0 N–H and O–H groups in total. The van der Waals surface area contributed by atoms with E-state index in [1.807, 2.05) is 24.3 Å². The summed E-state index contributed by atoms with van der Waals surface area (Å²) < 4.78 is 7.49. The minimum atomic E-state index is 0.636. The number of thiazole rings is 1. The first-order valence-corrected chi connectivity index (χ1v) is 8.66. The van der Waals surface area contributed by atoms with Gasteiger partial charge in [0.05, 0.1) is 7.11 Å². The van der Waals surface area contributed by atoms with Crippen LogP contribution in [0, 0.1) is 5.92 Å². The van der Waals surface area contributed by atoms with Gasteiger partial charge in [-0.3, -0.25) is 9.20 Å². The summed E-state index contributed by atoms with van der Waals surface area (Å²) in [5.74, 6) is 1.45. The van der Waals surface area contributed by atoms with Crippen LogP contribution in [-0.2, 0) is 12.8 Å². The van der Waals surface area contributed by atoms with Crippen LogP contribution in [-0.4, -0.2) is 22.8 Å². The molecule has 1 aromatic carbocycles. The van der Waals surface area contributed by atoms with Gasteiger partial charge in [-0.1, -0.05) is 19.1 Å². The minimum Gasteiger partial charge on any atom is -0.496 e. The maximum Gasteiger partial charge on any atom is 0.195 e. The van der Waals surface area contributed by atoms with E-state index in [1.54, 1.807) is 18.4 Å². The minimum absolute atomic E-state index is 0.636. The number of aryl methyl sites for hydroxylation is 1. The molecule has 0 saturated carbocycles. The standard InChI is InChI=1S/C18H18N2O2S/c1-11-7-8-13-16(9-11)23-18-19-17(14(10-21)20(13)18)12-5-3-4-6-15(12)22-2/h3-6,10-11H,7-9H2,1-2H3. The normalized spacial score (nSPS) is 17.2. The van der Waals surface area contributed by atoms with Crippen LogP contribution in [0.25, 0.3) is 16.2 Å². The molecule has 4 rings (SSSR count). The van der Waals surface area contributed by atoms with Crippen LogP contribution in [0.5, 0.6) is 5.75 Å². The van der Waals surface area contributed by atoms with Gasteiger partial charge >= 0.3 is 0 Å². The van der Waals surface area contributed by atoms with E-state index >= 15 is 0 Å². The molecule has 118 valence electrons. The van der Waals surface area contributed by atoms with Gasteiger partial charge in [-0.15, -0.1) is 11.3 Å². The van der Waals surface area contributed by atoms with E-state index in [0.29, 0.717) is 17.3 Å². The van der Waals surface area contributed by atoms with E-state index in [-0.39, 0.29) is 0 Å². The number of benzene rings is 1. The van der Waals surface area contributed by atoms with Crippen molar-refractivity contribution in [3.8, 4) is 17.0 Å². The summed E-state index contributed by atoms with van der Waals surface area (Å²) in [4.78, 5) is 18.9. The summed E-state index contributed by atoms with van der Waals surface area (Å²) in [6.45, 7) is 2.28. The molecular weight excluding hydrogens is 308 g/mol. The number of imidazole rings is 1. The highest BCUT2D eigenvalue weighted by Gasteiger charge is 2.26. The van der Waals surface area contributed by atoms with Gasteiger partial charge in [-0.25, -0.2) is 4.98 Å². The van der Waals surface area contributed by atoms with Crippen molar-refractivity contribution in [2.24, 2.45) is 5.92 Å². The molecule has 4 nitrogen and oxygen atoms in total. The van der Waals surface area contributed by atoms with E-state index < -0.39 is 0 Å². The van der Waals surface area contributed by atoms with Crippen LogP contribution in [0.3, 0.4) is 0 Å². The SMILES string of the molecule is COc1ccccc1-c1nc2sc3c(n2c1C=O)CCC(C)C3. The predicted octanol–water partition coefficient (Wildman–Crippen LogP) is 4.01. The summed E-state index contributed by atoms with van der Waals surface area (Å²) >= 11 is 1.71. The predicted molar refractivity (Wildman–Crippen MR) is 91.6 cm³/mol. The fourth-order valence-electron chi connectivity index (χ4n) is 3.39. The molecule has 1 unspecified atom stereocenters. The molecule has 23 heavy (non-hydrogen) atoms. The van der Waals surface area contributed by atoms with Gasteiger partial charge in [-0.05, 0) is 37.3 Å². The Bertz CT molecular complexity index is 894. The molecule has 0 bridgehead atoms. The van der Waals surface area contributed by atoms with Crippen LogP contribution in [0.15, 0.2) is 24.3 Å². The third kappa shape index (κ3) is 2.18. The number of ether oxygens (including phenoxy) is 1. The molecule has 0 amide bonds. The number of para-hydroxylation sites is 1. The molecule has 0 fully saturated rings. The number of hydrogen-bond acceptors (Lipinski definition) is 4. The highest BCUT2D eigenvalue weighted by atomic mass is 32.1. The Hall–Kier alpha value is -2.14. The lowest BCUT2D eigenvalue weighted by Crippen LogP contribution is -2.11. The summed E-state index contributed by atoms with van der Waals surface area (Å²) in [5, 5.41) is 0. The second kappa shape index (κ2) is 5.49. The van der Waals surface area contributed by atoms with Crippen molar-refractivity contribution in [1.29, 1.82) is 0 Å². The quantitative estimate of drug-likeness (QED) is 0.683. The van der Waals surface area contributed by atoms with Gasteiger partial charge in [0, 0.05) is 16.1 Å². The summed E-state index contributed by atoms with van der Waals surface area (Å²) in [6.07, 6.45) is 4.19. The number of methoxy groups -OCH3 is 1. The lowest BCUT2D eigenvalue weighted by atomic mass is 9.93. The second-order valence-electron chi connectivity index (χ2n) is 6.10. The van der Waals surface area contributed by atoms with Crippen LogP contribution in [0.2, 0.25) is 0 Å². The molecule has 0 saturated heterocycles. The molecule has 3 aromatic rings. The highest BCUT2D eigenvalue weighted by molar-refractivity contribution is 7.17. The van der Waals surface area contributed by atoms with Crippen LogP contribution < -0.4 is 4.74 Å². The van der Waals surface area contributed by atoms with Crippen molar-refractivity contribution in [2.45, 2.75) is 26.2 Å². The Labute approximate surface area is 138 Å². The van der Waals surface area contributed by atoms with E-state index in [2.05, 4.69) is 11.3 Å². The fourth-order valence-corrected chi connectivity index (χ4v) is 4.73. The fraction of sp³-hybridized carbons (Fsp3) is 0.333. The zero-order valence-corrected chi connectivity index (χ0v) is 14.0. The van der Waals surface area contributed by atoms with Crippen molar-refractivity contribution >= 4 is 22.6 Å². The second-order valence-corrected chi connectivity index (χ2v) is 7.16. The van der Waals surface area contributed by atoms with Crippen molar-refractivity contribution in [1.82, 2.24) is 9.38 Å². The molecule has 2 aromatic heterocycles. The molecule has 2 heterocycles. The van der Waals surface area contributed by atoms with E-state index in [4.69, 9.17) is 9.72 Å². The van der Waals surface area contributed by atoms with Crippen molar-refractivity contribution in [3.05, 3.63) is 40.5 Å². The van der Waals surface area contributed by atoms with Crippen LogP contribution in [0.1, 0.15) is 34.4 Å². The summed E-state index contributed by atoms with van der Waals surface area (Å²) in [6, 6.07) is 7.71. The largest absolute Gasteiger partial charge is 0.496 e. The molecule has 0 aliphatic heterocycles. The molecule has 0 radical (unpaired) electrons. The number of aromatic nitrogens is 2. The first-order chi connectivity index (χ1) is 11.2. The van der Waals surface area contributed by atoms with E-state index in [9.17, 15) is 4.79 Å². The molecule has 1 aliphatic carbocycles. The number of aldehydes is 1. The number of nitrogens with zero attached hydrogens (tertiary/aromatic N) is 2. The summed E-state index contributed by atoms with van der Waals surface area (Å²) in [7, 11) is 1.64. The zero-order valence-electron chi connectivity index (χ0n) is 13.2. The Kier molecular flexibility index (Phi) is 3.45. The number of rotatable bonds is 3. The zero-order chi connectivity index (χ0) is 16.0. The average molecular weight is 326 g/mol. The molecule has 5 heteroatoms. The average Bonchev–Trinajstić information content (AvgIpc) is 3.09. The van der Waals surface area contributed by atoms with Gasteiger partial charge in [0.25, 0.3) is 0 Å². The lowest BCUT2D eigenvalue weighted by Gasteiger charge is -2.17. The van der Waals surface area contributed by atoms with Gasteiger partial charge in [0.15, 0.2) is 11.2 Å². The summed E-state index contributed by atoms with van der Waals surface area (Å²) in [5.41, 5.74) is 3.48. The van der Waals surface area contributed by atoms with E-state index in [1.165, 1.54) is 17.0 Å². The maximum absolute atomic E-state index is 11.8. The first-order valence-electron chi connectivity index (χ1n) is 7.84. The maximum atomic E-state index is 11.8. The van der Waals surface area contributed by atoms with Crippen molar-refractivity contribution < 1.29 is 9.53 Å². The van der Waals surface area contributed by atoms with Gasteiger partial charge < -0.3 is 4.74 Å². The topological polar surface area (TPSA) is 43.6 Å². The van der Waals surface area contributed by atoms with E-state index in [0.717, 1.165) is 35.4 Å². The van der Waals surface area contributed by atoms with Gasteiger partial charge in [0.1, 0.15) is 17.1 Å². The van der Waals surface area contributed by atoms with Gasteiger partial charge in [0.2, 0.25) is 0 Å². The Balaban J connectivity index is 1.96. The Morgan fingerprint density at radius 1 is 1.39 bits per heavy atom. The molecule has 0 spiro atoms.